The van der Waals surface area contributed by atoms with Gasteiger partial charge in [0.15, 0.2) is 11.5 Å². The Morgan fingerprint density at radius 2 is 2.32 bits per heavy atom. The van der Waals surface area contributed by atoms with Crippen molar-refractivity contribution in [3.8, 4) is 10.6 Å². The van der Waals surface area contributed by atoms with E-state index < -0.39 is 0 Å². The van der Waals surface area contributed by atoms with Crippen LogP contribution in [0.4, 0.5) is 0 Å². The molecule has 1 aliphatic rings. The number of furan rings is 1. The first kappa shape index (κ1) is 13.3. The van der Waals surface area contributed by atoms with E-state index in [2.05, 4.69) is 5.16 Å². The van der Waals surface area contributed by atoms with Crippen LogP contribution in [0.25, 0.3) is 10.6 Å². The summed E-state index contributed by atoms with van der Waals surface area (Å²) in [6, 6.07) is 9.35. The Balaban J connectivity index is 1.59. The van der Waals surface area contributed by atoms with Crippen molar-refractivity contribution >= 4 is 17.2 Å². The Labute approximate surface area is 131 Å². The molecule has 1 unspecified atom stereocenters. The van der Waals surface area contributed by atoms with Gasteiger partial charge in [-0.25, -0.2) is 0 Å². The molecule has 1 saturated heterocycles. The molecule has 3 aromatic heterocycles. The second-order valence-corrected chi connectivity index (χ2v) is 6.17. The lowest BCUT2D eigenvalue weighted by Gasteiger charge is -2.21. The van der Waals surface area contributed by atoms with E-state index in [-0.39, 0.29) is 11.9 Å². The number of nitrogens with zero attached hydrogens (tertiary/aromatic N) is 2. The zero-order valence-corrected chi connectivity index (χ0v) is 12.6. The van der Waals surface area contributed by atoms with Crippen LogP contribution < -0.4 is 0 Å². The van der Waals surface area contributed by atoms with Crippen molar-refractivity contribution in [2.75, 3.05) is 6.54 Å². The van der Waals surface area contributed by atoms with Crippen molar-refractivity contribution in [1.29, 1.82) is 0 Å². The van der Waals surface area contributed by atoms with Gasteiger partial charge in [0.1, 0.15) is 5.76 Å². The Morgan fingerprint density at radius 1 is 1.36 bits per heavy atom. The number of hydrogen-bond acceptors (Lipinski definition) is 5. The molecule has 0 radical (unpaired) electrons. The molecule has 1 aliphatic heterocycles. The smallest absolute Gasteiger partial charge is 0.276 e. The molecule has 0 aliphatic carbocycles. The van der Waals surface area contributed by atoms with Crippen LogP contribution in [0, 0.1) is 0 Å². The van der Waals surface area contributed by atoms with E-state index in [1.165, 1.54) is 0 Å². The Kier molecular flexibility index (Phi) is 3.31. The predicted octanol–water partition coefficient (Wildman–Crippen LogP) is 3.97. The van der Waals surface area contributed by atoms with Crippen molar-refractivity contribution in [2.45, 2.75) is 18.9 Å². The molecule has 112 valence electrons. The summed E-state index contributed by atoms with van der Waals surface area (Å²) < 4.78 is 10.8. The van der Waals surface area contributed by atoms with Crippen LogP contribution in [0.2, 0.25) is 0 Å². The Morgan fingerprint density at radius 3 is 3.09 bits per heavy atom. The van der Waals surface area contributed by atoms with Gasteiger partial charge in [-0.2, -0.15) is 0 Å². The fraction of sp³-hybridized carbons (Fsp3) is 0.250. The zero-order valence-electron chi connectivity index (χ0n) is 11.8. The molecule has 1 atom stereocenters. The van der Waals surface area contributed by atoms with Gasteiger partial charge in [-0.1, -0.05) is 11.2 Å². The van der Waals surface area contributed by atoms with Gasteiger partial charge in [-0.05, 0) is 36.4 Å². The average molecular weight is 314 g/mol. The van der Waals surface area contributed by atoms with Crippen LogP contribution in [-0.2, 0) is 0 Å². The van der Waals surface area contributed by atoms with Gasteiger partial charge >= 0.3 is 0 Å². The van der Waals surface area contributed by atoms with Crippen LogP contribution in [0.15, 0.2) is 50.9 Å². The summed E-state index contributed by atoms with van der Waals surface area (Å²) in [6.45, 7) is 0.714. The molecule has 1 amide bonds. The molecule has 0 aromatic carbocycles. The number of amides is 1. The standard InChI is InChI=1S/C16H14N2O3S/c19-16(11-10-14(21-17-11)15-6-3-9-22-15)18-7-1-4-12(18)13-5-2-8-20-13/h2-3,5-6,8-10,12H,1,4,7H2. The van der Waals surface area contributed by atoms with E-state index in [9.17, 15) is 4.79 Å². The highest BCUT2D eigenvalue weighted by Gasteiger charge is 2.33. The quantitative estimate of drug-likeness (QED) is 0.734. The van der Waals surface area contributed by atoms with Crippen molar-refractivity contribution in [3.63, 3.8) is 0 Å². The fourth-order valence-electron chi connectivity index (χ4n) is 2.84. The third-order valence-corrected chi connectivity index (χ3v) is 4.76. The van der Waals surface area contributed by atoms with E-state index in [0.717, 1.165) is 23.5 Å². The van der Waals surface area contributed by atoms with Gasteiger partial charge in [0.2, 0.25) is 0 Å². The molecule has 1 fully saturated rings. The minimum atomic E-state index is -0.106. The van der Waals surface area contributed by atoms with Crippen molar-refractivity contribution in [1.82, 2.24) is 10.1 Å². The molecule has 5 nitrogen and oxygen atoms in total. The summed E-state index contributed by atoms with van der Waals surface area (Å²) in [7, 11) is 0. The number of hydrogen-bond donors (Lipinski definition) is 0. The molecular formula is C16H14N2O3S. The number of rotatable bonds is 3. The summed E-state index contributed by atoms with van der Waals surface area (Å²) in [5, 5.41) is 5.91. The highest BCUT2D eigenvalue weighted by molar-refractivity contribution is 7.13. The highest BCUT2D eigenvalue weighted by atomic mass is 32.1. The number of aromatic nitrogens is 1. The lowest BCUT2D eigenvalue weighted by atomic mass is 10.1. The first-order valence-electron chi connectivity index (χ1n) is 7.18. The maximum absolute atomic E-state index is 12.7. The minimum absolute atomic E-state index is 0.00983. The van der Waals surface area contributed by atoms with Crippen LogP contribution in [-0.4, -0.2) is 22.5 Å². The zero-order chi connectivity index (χ0) is 14.9. The lowest BCUT2D eigenvalue weighted by Crippen LogP contribution is -2.30. The molecule has 0 bridgehead atoms. The third kappa shape index (κ3) is 2.25. The Bertz CT molecular complexity index is 761. The van der Waals surface area contributed by atoms with Crippen LogP contribution >= 0.6 is 11.3 Å². The molecular weight excluding hydrogens is 300 g/mol. The third-order valence-electron chi connectivity index (χ3n) is 3.88. The predicted molar refractivity (Wildman–Crippen MR) is 81.5 cm³/mol. The van der Waals surface area contributed by atoms with E-state index in [1.54, 1.807) is 23.7 Å². The van der Waals surface area contributed by atoms with Gasteiger partial charge in [0.25, 0.3) is 5.91 Å². The molecule has 0 spiro atoms. The summed E-state index contributed by atoms with van der Waals surface area (Å²) in [6.07, 6.45) is 3.52. The molecule has 0 N–H and O–H groups in total. The molecule has 0 saturated carbocycles. The van der Waals surface area contributed by atoms with Crippen molar-refractivity contribution < 1.29 is 13.7 Å². The van der Waals surface area contributed by atoms with Gasteiger partial charge in [0, 0.05) is 12.6 Å². The maximum Gasteiger partial charge on any atom is 0.276 e. The summed E-state index contributed by atoms with van der Waals surface area (Å²) in [4.78, 5) is 15.5. The van der Waals surface area contributed by atoms with E-state index in [4.69, 9.17) is 8.94 Å². The monoisotopic (exact) mass is 314 g/mol. The topological polar surface area (TPSA) is 59.5 Å². The summed E-state index contributed by atoms with van der Waals surface area (Å²) >= 11 is 1.56. The van der Waals surface area contributed by atoms with Crippen LogP contribution in [0.5, 0.6) is 0 Å². The van der Waals surface area contributed by atoms with Gasteiger partial charge in [-0.3, -0.25) is 4.79 Å². The van der Waals surface area contributed by atoms with E-state index in [0.29, 0.717) is 18.0 Å². The first-order valence-corrected chi connectivity index (χ1v) is 8.06. The molecule has 4 heterocycles. The van der Waals surface area contributed by atoms with Crippen molar-refractivity contribution in [2.24, 2.45) is 0 Å². The number of carbonyl (C=O) groups is 1. The highest BCUT2D eigenvalue weighted by Crippen LogP contribution is 2.34. The summed E-state index contributed by atoms with van der Waals surface area (Å²) in [5.41, 5.74) is 0.349. The Hall–Kier alpha value is -2.34. The van der Waals surface area contributed by atoms with Gasteiger partial charge < -0.3 is 13.8 Å². The maximum atomic E-state index is 12.7. The lowest BCUT2D eigenvalue weighted by molar-refractivity contribution is 0.0709. The average Bonchev–Trinajstić information content (AvgIpc) is 3.35. The fourth-order valence-corrected chi connectivity index (χ4v) is 3.52. The molecule has 3 aromatic rings. The van der Waals surface area contributed by atoms with E-state index in [1.807, 2.05) is 34.5 Å². The van der Waals surface area contributed by atoms with Crippen LogP contribution in [0.3, 0.4) is 0 Å². The van der Waals surface area contributed by atoms with E-state index >= 15 is 0 Å². The first-order chi connectivity index (χ1) is 10.8. The SMILES string of the molecule is O=C(c1cc(-c2cccs2)on1)N1CCCC1c1ccco1. The number of carbonyl (C=O) groups excluding carboxylic acids is 1. The number of thiophene rings is 1. The van der Waals surface area contributed by atoms with Gasteiger partial charge in [-0.15, -0.1) is 11.3 Å². The normalized spacial score (nSPS) is 18.0. The second-order valence-electron chi connectivity index (χ2n) is 5.23. The molecule has 6 heteroatoms. The largest absolute Gasteiger partial charge is 0.467 e. The van der Waals surface area contributed by atoms with Crippen LogP contribution in [0.1, 0.15) is 35.1 Å². The van der Waals surface area contributed by atoms with Gasteiger partial charge in [0.05, 0.1) is 17.2 Å². The number of likely N-dealkylation sites (tertiary alicyclic amines) is 1. The second kappa shape index (κ2) is 5.46. The minimum Gasteiger partial charge on any atom is -0.467 e. The summed E-state index contributed by atoms with van der Waals surface area (Å²) in [5.74, 6) is 1.35. The molecule has 4 rings (SSSR count). The molecule has 22 heavy (non-hydrogen) atoms. The van der Waals surface area contributed by atoms with Crippen molar-refractivity contribution in [3.05, 3.63) is 53.4 Å².